The Morgan fingerprint density at radius 3 is 2.40 bits per heavy atom. The van der Waals surface area contributed by atoms with Gasteiger partial charge in [-0.3, -0.25) is 0 Å². The Bertz CT molecular complexity index is 86.0. The van der Waals surface area contributed by atoms with Crippen LogP contribution in [0.3, 0.4) is 0 Å². The molecule has 0 aromatic carbocycles. The summed E-state index contributed by atoms with van der Waals surface area (Å²) in [7, 11) is 0. The van der Waals surface area contributed by atoms with Crippen LogP contribution in [-0.4, -0.2) is 0 Å². The van der Waals surface area contributed by atoms with Crippen molar-refractivity contribution in [1.82, 2.24) is 0 Å². The Labute approximate surface area is 65.0 Å². The molecular weight excluding hydrogens is 120 g/mol. The molecule has 0 heteroatoms. The first kappa shape index (κ1) is 8.10. The summed E-state index contributed by atoms with van der Waals surface area (Å²) in [5.41, 5.74) is 0. The summed E-state index contributed by atoms with van der Waals surface area (Å²) in [6, 6.07) is 0. The van der Waals surface area contributed by atoms with Gasteiger partial charge in [-0.1, -0.05) is 46.0 Å². The van der Waals surface area contributed by atoms with Crippen LogP contribution in [-0.2, 0) is 0 Å². The van der Waals surface area contributed by atoms with Crippen molar-refractivity contribution in [2.75, 3.05) is 0 Å². The van der Waals surface area contributed by atoms with Crippen molar-refractivity contribution in [2.45, 2.75) is 52.4 Å². The van der Waals surface area contributed by atoms with E-state index in [0.717, 1.165) is 11.8 Å². The first-order chi connectivity index (χ1) is 4.84. The Morgan fingerprint density at radius 1 is 1.20 bits per heavy atom. The average molecular weight is 140 g/mol. The van der Waals surface area contributed by atoms with Crippen molar-refractivity contribution in [3.05, 3.63) is 0 Å². The molecule has 0 unspecified atom stereocenters. The van der Waals surface area contributed by atoms with Crippen molar-refractivity contribution >= 4 is 0 Å². The highest BCUT2D eigenvalue weighted by molar-refractivity contribution is 4.81. The van der Waals surface area contributed by atoms with Gasteiger partial charge in [0.05, 0.1) is 0 Å². The lowest BCUT2D eigenvalue weighted by molar-refractivity contribution is 0.577. The normalized spacial score (nSPS) is 30.6. The minimum Gasteiger partial charge on any atom is -0.0654 e. The van der Waals surface area contributed by atoms with Gasteiger partial charge >= 0.3 is 0 Å². The maximum absolute atomic E-state index is 2.38. The summed E-state index contributed by atoms with van der Waals surface area (Å²) in [6.45, 7) is 4.66. The summed E-state index contributed by atoms with van der Waals surface area (Å²) < 4.78 is 0. The van der Waals surface area contributed by atoms with Gasteiger partial charge in [0, 0.05) is 0 Å². The standard InChI is InChI=1S/C10H20/c1-3-4-5-6-7-10-8-9(10)2/h9-10H,3-8H2,1-2H3/t9-,10-/m1/s1. The molecule has 0 amide bonds. The van der Waals surface area contributed by atoms with Gasteiger partial charge in [0.2, 0.25) is 0 Å². The number of unbranched alkanes of at least 4 members (excludes halogenated alkanes) is 3. The molecule has 0 heterocycles. The summed E-state index contributed by atoms with van der Waals surface area (Å²) >= 11 is 0. The van der Waals surface area contributed by atoms with Gasteiger partial charge in [0.1, 0.15) is 0 Å². The van der Waals surface area contributed by atoms with E-state index in [-0.39, 0.29) is 0 Å². The summed E-state index contributed by atoms with van der Waals surface area (Å²) in [5, 5.41) is 0. The van der Waals surface area contributed by atoms with Gasteiger partial charge < -0.3 is 0 Å². The molecule has 0 bridgehead atoms. The molecule has 1 rings (SSSR count). The minimum atomic E-state index is 1.07. The molecular formula is C10H20. The highest BCUT2D eigenvalue weighted by Crippen LogP contribution is 2.41. The molecule has 1 aliphatic rings. The Balaban J connectivity index is 1.78. The third kappa shape index (κ3) is 2.72. The maximum atomic E-state index is 2.38. The molecule has 2 atom stereocenters. The van der Waals surface area contributed by atoms with Gasteiger partial charge in [-0.25, -0.2) is 0 Å². The fourth-order valence-corrected chi connectivity index (χ4v) is 1.63. The number of hydrogen-bond acceptors (Lipinski definition) is 0. The van der Waals surface area contributed by atoms with Crippen molar-refractivity contribution in [2.24, 2.45) is 11.8 Å². The van der Waals surface area contributed by atoms with Crippen LogP contribution < -0.4 is 0 Å². The monoisotopic (exact) mass is 140 g/mol. The Morgan fingerprint density at radius 2 is 1.90 bits per heavy atom. The molecule has 0 N–H and O–H groups in total. The van der Waals surface area contributed by atoms with Gasteiger partial charge in [0.15, 0.2) is 0 Å². The van der Waals surface area contributed by atoms with Crippen LogP contribution in [0.1, 0.15) is 52.4 Å². The number of hydrogen-bond donors (Lipinski definition) is 0. The zero-order chi connectivity index (χ0) is 7.40. The van der Waals surface area contributed by atoms with E-state index in [0.29, 0.717) is 0 Å². The van der Waals surface area contributed by atoms with E-state index in [1.165, 1.54) is 38.5 Å². The average Bonchev–Trinajstić information content (AvgIpc) is 2.60. The fourth-order valence-electron chi connectivity index (χ4n) is 1.63. The molecule has 60 valence electrons. The largest absolute Gasteiger partial charge is 0.0654 e. The molecule has 0 saturated heterocycles. The fraction of sp³-hybridized carbons (Fsp3) is 1.00. The van der Waals surface area contributed by atoms with E-state index in [2.05, 4.69) is 13.8 Å². The molecule has 0 radical (unpaired) electrons. The van der Waals surface area contributed by atoms with E-state index < -0.39 is 0 Å². The second-order valence-electron chi connectivity index (χ2n) is 3.82. The van der Waals surface area contributed by atoms with E-state index in [1.54, 1.807) is 0 Å². The SMILES string of the molecule is CCCCCC[C@@H]1C[C@H]1C. The van der Waals surface area contributed by atoms with Gasteiger partial charge in [0.25, 0.3) is 0 Å². The van der Waals surface area contributed by atoms with Crippen molar-refractivity contribution in [3.8, 4) is 0 Å². The lowest BCUT2D eigenvalue weighted by Gasteiger charge is -1.96. The molecule has 1 aliphatic carbocycles. The van der Waals surface area contributed by atoms with Gasteiger partial charge in [-0.15, -0.1) is 0 Å². The summed E-state index contributed by atoms with van der Waals surface area (Å²) in [5.74, 6) is 2.19. The van der Waals surface area contributed by atoms with Crippen LogP contribution in [0.15, 0.2) is 0 Å². The molecule has 0 nitrogen and oxygen atoms in total. The maximum Gasteiger partial charge on any atom is -0.0386 e. The van der Waals surface area contributed by atoms with E-state index >= 15 is 0 Å². The number of rotatable bonds is 5. The molecule has 1 saturated carbocycles. The molecule has 1 fully saturated rings. The van der Waals surface area contributed by atoms with Crippen LogP contribution in [0, 0.1) is 11.8 Å². The van der Waals surface area contributed by atoms with Crippen LogP contribution >= 0.6 is 0 Å². The minimum absolute atomic E-state index is 1.07. The highest BCUT2D eigenvalue weighted by Gasteiger charge is 2.31. The second-order valence-corrected chi connectivity index (χ2v) is 3.82. The zero-order valence-electron chi connectivity index (χ0n) is 7.40. The molecule has 10 heavy (non-hydrogen) atoms. The third-order valence-electron chi connectivity index (χ3n) is 2.70. The Kier molecular flexibility index (Phi) is 3.24. The summed E-state index contributed by atoms with van der Waals surface area (Å²) in [6.07, 6.45) is 8.82. The smallest absolute Gasteiger partial charge is 0.0386 e. The predicted molar refractivity (Wildman–Crippen MR) is 46.0 cm³/mol. The Hall–Kier alpha value is 0. The second kappa shape index (κ2) is 4.00. The van der Waals surface area contributed by atoms with Crippen LogP contribution in [0.5, 0.6) is 0 Å². The lowest BCUT2D eigenvalue weighted by atomic mass is 10.1. The molecule has 0 aromatic heterocycles. The van der Waals surface area contributed by atoms with E-state index in [1.807, 2.05) is 0 Å². The van der Waals surface area contributed by atoms with Crippen molar-refractivity contribution in [3.63, 3.8) is 0 Å². The first-order valence-corrected chi connectivity index (χ1v) is 4.84. The first-order valence-electron chi connectivity index (χ1n) is 4.84. The zero-order valence-corrected chi connectivity index (χ0v) is 7.40. The van der Waals surface area contributed by atoms with Crippen LogP contribution in [0.25, 0.3) is 0 Å². The molecule has 0 aliphatic heterocycles. The van der Waals surface area contributed by atoms with E-state index in [4.69, 9.17) is 0 Å². The summed E-state index contributed by atoms with van der Waals surface area (Å²) in [4.78, 5) is 0. The highest BCUT2D eigenvalue weighted by atomic mass is 14.4. The molecule has 0 aromatic rings. The molecule has 0 spiro atoms. The lowest BCUT2D eigenvalue weighted by Crippen LogP contribution is -1.80. The van der Waals surface area contributed by atoms with Crippen molar-refractivity contribution < 1.29 is 0 Å². The van der Waals surface area contributed by atoms with Gasteiger partial charge in [-0.2, -0.15) is 0 Å². The van der Waals surface area contributed by atoms with Gasteiger partial charge in [-0.05, 0) is 18.3 Å². The van der Waals surface area contributed by atoms with E-state index in [9.17, 15) is 0 Å². The predicted octanol–water partition coefficient (Wildman–Crippen LogP) is 3.61. The van der Waals surface area contributed by atoms with Crippen LogP contribution in [0.2, 0.25) is 0 Å². The van der Waals surface area contributed by atoms with Crippen LogP contribution in [0.4, 0.5) is 0 Å². The topological polar surface area (TPSA) is 0 Å². The third-order valence-corrected chi connectivity index (χ3v) is 2.70. The van der Waals surface area contributed by atoms with Crippen molar-refractivity contribution in [1.29, 1.82) is 0 Å². The quantitative estimate of drug-likeness (QED) is 0.512.